The van der Waals surface area contributed by atoms with E-state index in [2.05, 4.69) is 41.0 Å². The van der Waals surface area contributed by atoms with Crippen LogP contribution >= 0.6 is 11.6 Å². The summed E-state index contributed by atoms with van der Waals surface area (Å²) in [4.78, 5) is 22.0. The van der Waals surface area contributed by atoms with Crippen molar-refractivity contribution in [1.29, 1.82) is 0 Å². The maximum absolute atomic E-state index is 15.0. The molecule has 2 fully saturated rings. The number of phenols is 1. The lowest BCUT2D eigenvalue weighted by atomic mass is 9.94. The third-order valence-electron chi connectivity index (χ3n) is 8.70. The first-order valence-electron chi connectivity index (χ1n) is 14.0. The number of benzene rings is 2. The molecule has 0 saturated carbocycles. The number of aryl methyl sites for hydroxylation is 1. The number of halogens is 2. The number of aromatic hydroxyl groups is 1. The second-order valence-electron chi connectivity index (χ2n) is 11.5. The van der Waals surface area contributed by atoms with Crippen LogP contribution in [0, 0.1) is 25.1 Å². The fourth-order valence-electron chi connectivity index (χ4n) is 6.68. The van der Waals surface area contributed by atoms with Crippen LogP contribution in [0.25, 0.3) is 27.9 Å². The monoisotopic (exact) mass is 573 g/mol. The number of rotatable bonds is 5. The lowest BCUT2D eigenvalue weighted by Crippen LogP contribution is -2.49. The lowest BCUT2D eigenvalue weighted by molar-refractivity contribution is 0.120. The van der Waals surface area contributed by atoms with Gasteiger partial charge in [-0.25, -0.2) is 13.8 Å². The number of nitrogens with zero attached hydrogens (tertiary/aromatic N) is 5. The smallest absolute Gasteiger partial charge is 0.347 e. The first kappa shape index (κ1) is 27.4. The van der Waals surface area contributed by atoms with E-state index in [1.807, 2.05) is 13.0 Å². The van der Waals surface area contributed by atoms with Crippen molar-refractivity contribution in [3.63, 3.8) is 0 Å². The summed E-state index contributed by atoms with van der Waals surface area (Å²) < 4.78 is 17.6. The van der Waals surface area contributed by atoms with Crippen molar-refractivity contribution in [1.82, 2.24) is 19.0 Å². The lowest BCUT2D eigenvalue weighted by Gasteiger charge is -2.38. The third-order valence-corrected chi connectivity index (χ3v) is 9.00. The third kappa shape index (κ3) is 4.67. The van der Waals surface area contributed by atoms with Gasteiger partial charge in [-0.2, -0.15) is 0 Å². The van der Waals surface area contributed by atoms with Gasteiger partial charge in [0.15, 0.2) is 0 Å². The van der Waals surface area contributed by atoms with Gasteiger partial charge in [-0.05, 0) is 82.5 Å². The molecular formula is C32H33ClFN5O2. The highest BCUT2D eigenvalue weighted by atomic mass is 35.5. The molecule has 9 heteroatoms. The van der Waals surface area contributed by atoms with Crippen LogP contribution in [0.5, 0.6) is 5.75 Å². The normalized spacial score (nSPS) is 19.0. The molecule has 1 N–H and O–H groups in total. The van der Waals surface area contributed by atoms with Gasteiger partial charge in [0.1, 0.15) is 11.6 Å². The second kappa shape index (κ2) is 10.2. The minimum Gasteiger partial charge on any atom is -0.507 e. The van der Waals surface area contributed by atoms with E-state index in [0.29, 0.717) is 34.0 Å². The maximum Gasteiger partial charge on any atom is 0.347 e. The van der Waals surface area contributed by atoms with E-state index in [0.717, 1.165) is 37.4 Å². The molecule has 1 unspecified atom stereocenters. The summed E-state index contributed by atoms with van der Waals surface area (Å²) in [6, 6.07) is 10.1. The van der Waals surface area contributed by atoms with Gasteiger partial charge < -0.3 is 10.0 Å². The molecule has 4 heterocycles. The highest BCUT2D eigenvalue weighted by Gasteiger charge is 2.47. The zero-order chi connectivity index (χ0) is 29.1. The van der Waals surface area contributed by atoms with E-state index in [1.54, 1.807) is 31.4 Å². The number of pyridine rings is 1. The van der Waals surface area contributed by atoms with Crippen LogP contribution in [0.4, 0.5) is 10.1 Å². The molecule has 7 nitrogen and oxygen atoms in total. The molecular weight excluding hydrogens is 541 g/mol. The van der Waals surface area contributed by atoms with Crippen LogP contribution in [0.1, 0.15) is 38.8 Å². The first-order valence-corrected chi connectivity index (χ1v) is 14.4. The summed E-state index contributed by atoms with van der Waals surface area (Å²) in [6.07, 6.45) is 10.6. The zero-order valence-electron chi connectivity index (χ0n) is 23.7. The van der Waals surface area contributed by atoms with Crippen molar-refractivity contribution < 1.29 is 9.50 Å². The Morgan fingerprint density at radius 2 is 1.80 bits per heavy atom. The Balaban J connectivity index is 1.35. The van der Waals surface area contributed by atoms with Crippen molar-refractivity contribution in [3.05, 3.63) is 82.0 Å². The molecule has 0 amide bonds. The molecule has 2 aromatic carbocycles. The van der Waals surface area contributed by atoms with Gasteiger partial charge in [-0.15, -0.1) is 0 Å². The van der Waals surface area contributed by atoms with Gasteiger partial charge in [-0.1, -0.05) is 17.7 Å². The fraction of sp³-hybridized carbons (Fsp3) is 0.375. The Bertz CT molecular complexity index is 1700. The van der Waals surface area contributed by atoms with Crippen LogP contribution in [0.3, 0.4) is 0 Å². The molecule has 41 heavy (non-hydrogen) atoms. The van der Waals surface area contributed by atoms with Crippen molar-refractivity contribution in [3.8, 4) is 33.7 Å². The quantitative estimate of drug-likeness (QED) is 0.329. The molecule has 0 bridgehead atoms. The molecule has 1 atom stereocenters. The minimum absolute atomic E-state index is 0.0664. The number of anilines is 1. The predicted molar refractivity (Wildman–Crippen MR) is 159 cm³/mol. The largest absolute Gasteiger partial charge is 0.507 e. The molecule has 0 aliphatic carbocycles. The average molecular weight is 574 g/mol. The summed E-state index contributed by atoms with van der Waals surface area (Å²) in [5, 5.41) is 11.7. The number of aromatic nitrogens is 3. The van der Waals surface area contributed by atoms with Crippen LogP contribution in [-0.4, -0.2) is 55.3 Å². The van der Waals surface area contributed by atoms with Crippen molar-refractivity contribution in [2.75, 3.05) is 24.5 Å². The van der Waals surface area contributed by atoms with Gasteiger partial charge in [-0.3, -0.25) is 14.5 Å². The Morgan fingerprint density at radius 1 is 1.05 bits per heavy atom. The van der Waals surface area contributed by atoms with E-state index in [1.165, 1.54) is 34.1 Å². The van der Waals surface area contributed by atoms with Crippen molar-refractivity contribution in [2.24, 2.45) is 7.05 Å². The van der Waals surface area contributed by atoms with Gasteiger partial charge >= 0.3 is 5.69 Å². The van der Waals surface area contributed by atoms with Gasteiger partial charge in [0, 0.05) is 67.0 Å². The summed E-state index contributed by atoms with van der Waals surface area (Å²) in [5.41, 5.74) is 3.98. The van der Waals surface area contributed by atoms with Gasteiger partial charge in [0.25, 0.3) is 0 Å². The Labute approximate surface area is 244 Å². The Hall–Kier alpha value is -3.80. The molecule has 2 aromatic heterocycles. The van der Waals surface area contributed by atoms with Gasteiger partial charge in [0.05, 0.1) is 22.1 Å². The molecule has 2 aliphatic heterocycles. The van der Waals surface area contributed by atoms with E-state index in [4.69, 9.17) is 11.6 Å². The topological polar surface area (TPSA) is 66.5 Å². The van der Waals surface area contributed by atoms with Crippen LogP contribution < -0.4 is 10.6 Å². The van der Waals surface area contributed by atoms with Crippen LogP contribution in [0.2, 0.25) is 5.02 Å². The van der Waals surface area contributed by atoms with Gasteiger partial charge in [0.2, 0.25) is 0 Å². The summed E-state index contributed by atoms with van der Waals surface area (Å²) >= 11 is 6.54. The highest BCUT2D eigenvalue weighted by Crippen LogP contribution is 2.44. The summed E-state index contributed by atoms with van der Waals surface area (Å²) in [7, 11) is 1.58. The molecule has 4 aromatic rings. The van der Waals surface area contributed by atoms with Crippen molar-refractivity contribution >= 4 is 17.3 Å². The fourth-order valence-corrected chi connectivity index (χ4v) is 6.95. The van der Waals surface area contributed by atoms with E-state index in [-0.39, 0.29) is 22.0 Å². The minimum atomic E-state index is -0.490. The van der Waals surface area contributed by atoms with Crippen molar-refractivity contribution in [2.45, 2.75) is 51.6 Å². The number of phenolic OH excluding ortho intramolecular Hbond substituents is 1. The molecule has 0 radical (unpaired) electrons. The zero-order valence-corrected chi connectivity index (χ0v) is 24.5. The summed E-state index contributed by atoms with van der Waals surface area (Å²) in [6.45, 7) is 9.53. The molecule has 2 aliphatic rings. The molecule has 1 spiro atoms. The number of hydrogen-bond donors (Lipinski definition) is 1. The average Bonchev–Trinajstić information content (AvgIpc) is 3.65. The summed E-state index contributed by atoms with van der Waals surface area (Å²) in [5.74, 6) is -0.556. The second-order valence-corrected chi connectivity index (χ2v) is 11.9. The van der Waals surface area contributed by atoms with E-state index >= 15 is 4.39 Å². The highest BCUT2D eigenvalue weighted by molar-refractivity contribution is 6.32. The van der Waals surface area contributed by atoms with E-state index < -0.39 is 5.82 Å². The molecule has 2 saturated heterocycles. The Morgan fingerprint density at radius 3 is 2.49 bits per heavy atom. The standard InChI is InChI=1S/C32H33ClFN5O2/c1-20(2)39-10-5-8-32(39)9-11-37(19-32)29-15-23(18-35-21(29)3)26-17-24(34)16-25(30(26)40)22-6-7-28(27(33)14-22)38-13-12-36(4)31(38)41/h6-7,14-18,20,40H,5,8-11,19H2,1-4H3. The molecule has 6 rings (SSSR count). The SMILES string of the molecule is Cc1ncc(-c2cc(F)cc(-c3ccc(-n4c#cn(C)c4=O)c(Cl)c3)c2O)cc1N1CCC2(CCCN2C(C)C)C1. The maximum atomic E-state index is 15.0. The number of hydrogen-bond acceptors (Lipinski definition) is 5. The Kier molecular flexibility index (Phi) is 6.83. The van der Waals surface area contributed by atoms with Crippen LogP contribution in [0.15, 0.2) is 47.4 Å². The first-order chi connectivity index (χ1) is 19.6. The number of likely N-dealkylation sites (tertiary alicyclic amines) is 1. The van der Waals surface area contributed by atoms with E-state index in [9.17, 15) is 9.90 Å². The van der Waals surface area contributed by atoms with Crippen LogP contribution in [-0.2, 0) is 7.05 Å². The molecule has 212 valence electrons. The predicted octanol–water partition coefficient (Wildman–Crippen LogP) is 5.77.